The first kappa shape index (κ1) is 18.1. The Kier molecular flexibility index (Phi) is 4.49. The van der Waals surface area contributed by atoms with Gasteiger partial charge in [-0.3, -0.25) is 14.4 Å². The second-order valence-electron chi connectivity index (χ2n) is 8.09. The number of carbonyl (C=O) groups is 1. The summed E-state index contributed by atoms with van der Waals surface area (Å²) in [5.74, 6) is 0.918. The maximum atomic E-state index is 13.1. The molecule has 0 aromatic carbocycles. The molecule has 9 nitrogen and oxygen atoms in total. The second kappa shape index (κ2) is 6.70. The average Bonchev–Trinajstić information content (AvgIpc) is 3.40. The lowest BCUT2D eigenvalue weighted by Crippen LogP contribution is -2.47. The number of likely N-dealkylation sites (N-methyl/N-ethyl adjacent to an activating group) is 1. The van der Waals surface area contributed by atoms with E-state index >= 15 is 0 Å². The lowest BCUT2D eigenvalue weighted by atomic mass is 9.95. The zero-order valence-corrected chi connectivity index (χ0v) is 16.6. The topological polar surface area (TPSA) is 85.0 Å². The van der Waals surface area contributed by atoms with Crippen LogP contribution in [0.25, 0.3) is 0 Å². The summed E-state index contributed by atoms with van der Waals surface area (Å²) in [6.07, 6.45) is 7.32. The van der Waals surface area contributed by atoms with Crippen LogP contribution in [0.3, 0.4) is 0 Å². The van der Waals surface area contributed by atoms with Crippen LogP contribution in [-0.2, 0) is 12.6 Å². The molecule has 0 spiro atoms. The highest BCUT2D eigenvalue weighted by Crippen LogP contribution is 2.39. The third kappa shape index (κ3) is 2.93. The summed E-state index contributed by atoms with van der Waals surface area (Å²) in [4.78, 5) is 17.2. The van der Waals surface area contributed by atoms with Crippen molar-refractivity contribution in [3.63, 3.8) is 0 Å². The fourth-order valence-corrected chi connectivity index (χ4v) is 4.59. The van der Waals surface area contributed by atoms with Gasteiger partial charge >= 0.3 is 0 Å². The zero-order valence-electron chi connectivity index (χ0n) is 16.6. The fourth-order valence-electron chi connectivity index (χ4n) is 4.59. The van der Waals surface area contributed by atoms with Crippen LogP contribution in [0.4, 0.5) is 0 Å². The molecule has 3 heterocycles. The number of aryl methyl sites for hydroxylation is 2. The Morgan fingerprint density at radius 2 is 2.04 bits per heavy atom. The first-order valence-corrected chi connectivity index (χ1v) is 9.67. The molecule has 146 valence electrons. The van der Waals surface area contributed by atoms with Crippen LogP contribution in [0.15, 0.2) is 6.20 Å². The van der Waals surface area contributed by atoms with E-state index in [0.717, 1.165) is 30.8 Å². The Morgan fingerprint density at radius 1 is 1.30 bits per heavy atom. The largest absolute Gasteiger partial charge is 0.336 e. The fraction of sp³-hybridized carbons (Fsp3) is 0.722. The third-order valence-electron chi connectivity index (χ3n) is 6.21. The molecule has 4 rings (SSSR count). The summed E-state index contributed by atoms with van der Waals surface area (Å²) in [5, 5.41) is 17.1. The molecule has 2 aromatic rings. The summed E-state index contributed by atoms with van der Waals surface area (Å²) in [6.45, 7) is 3.15. The van der Waals surface area contributed by atoms with E-state index in [1.54, 1.807) is 10.9 Å². The van der Waals surface area contributed by atoms with Crippen LogP contribution in [0.5, 0.6) is 0 Å². The van der Waals surface area contributed by atoms with E-state index in [-0.39, 0.29) is 11.4 Å². The molecule has 1 saturated carbocycles. The van der Waals surface area contributed by atoms with Crippen molar-refractivity contribution < 1.29 is 4.79 Å². The maximum absolute atomic E-state index is 13.1. The van der Waals surface area contributed by atoms with Gasteiger partial charge in [0.1, 0.15) is 5.54 Å². The summed E-state index contributed by atoms with van der Waals surface area (Å²) >= 11 is 0. The molecule has 2 aromatic heterocycles. The van der Waals surface area contributed by atoms with E-state index < -0.39 is 0 Å². The van der Waals surface area contributed by atoms with Crippen LogP contribution >= 0.6 is 0 Å². The summed E-state index contributed by atoms with van der Waals surface area (Å²) in [5.41, 5.74) is 1.07. The van der Waals surface area contributed by atoms with Gasteiger partial charge in [-0.25, -0.2) is 4.68 Å². The predicted molar refractivity (Wildman–Crippen MR) is 99.2 cm³/mol. The van der Waals surface area contributed by atoms with Crippen molar-refractivity contribution >= 4 is 5.91 Å². The normalized spacial score (nSPS) is 23.7. The van der Waals surface area contributed by atoms with Crippen molar-refractivity contribution in [2.24, 2.45) is 7.05 Å². The first-order chi connectivity index (χ1) is 12.9. The number of hydrogen-bond acceptors (Lipinski definition) is 6. The summed E-state index contributed by atoms with van der Waals surface area (Å²) < 4.78 is 3.72. The number of rotatable bonds is 4. The number of nitrogens with zero attached hydrogens (tertiary/aromatic N) is 8. The maximum Gasteiger partial charge on any atom is 0.257 e. The minimum atomic E-state index is -0.363. The Morgan fingerprint density at radius 3 is 2.67 bits per heavy atom. The highest BCUT2D eigenvalue weighted by atomic mass is 16.2. The molecule has 1 aliphatic carbocycles. The quantitative estimate of drug-likeness (QED) is 0.800. The Balaban J connectivity index is 1.64. The van der Waals surface area contributed by atoms with E-state index in [1.807, 2.05) is 23.6 Å². The minimum Gasteiger partial charge on any atom is -0.336 e. The standard InChI is InChI=1S/C18H28N8O/c1-13-15(11-24(4)20-13)16(27)25-10-9-18(12-25,23(2)3)17-19-21-22-26(17)14-7-5-6-8-14/h11,14H,5-10,12H2,1-4H3. The van der Waals surface area contributed by atoms with Crippen molar-refractivity contribution in [1.82, 2.24) is 39.8 Å². The minimum absolute atomic E-state index is 0.0317. The SMILES string of the molecule is Cc1nn(C)cc1C(=O)N1CCC(c2nnnn2C2CCCC2)(N(C)C)C1. The molecule has 0 bridgehead atoms. The van der Waals surface area contributed by atoms with Crippen LogP contribution < -0.4 is 0 Å². The molecule has 1 amide bonds. The van der Waals surface area contributed by atoms with Crippen LogP contribution in [0.2, 0.25) is 0 Å². The Labute approximate surface area is 159 Å². The molecule has 2 aliphatic rings. The van der Waals surface area contributed by atoms with Crippen molar-refractivity contribution in [3.8, 4) is 0 Å². The van der Waals surface area contributed by atoms with E-state index in [0.29, 0.717) is 24.7 Å². The number of carbonyl (C=O) groups excluding carboxylic acids is 1. The van der Waals surface area contributed by atoms with E-state index in [2.05, 4.69) is 39.6 Å². The van der Waals surface area contributed by atoms with Crippen LogP contribution in [0.1, 0.15) is 60.0 Å². The lowest BCUT2D eigenvalue weighted by molar-refractivity contribution is 0.0736. The number of tetrazole rings is 1. The van der Waals surface area contributed by atoms with Gasteiger partial charge in [0.25, 0.3) is 5.91 Å². The molecule has 27 heavy (non-hydrogen) atoms. The van der Waals surface area contributed by atoms with E-state index in [4.69, 9.17) is 0 Å². The van der Waals surface area contributed by atoms with Gasteiger partial charge in [-0.15, -0.1) is 5.10 Å². The van der Waals surface area contributed by atoms with E-state index in [1.165, 1.54) is 12.8 Å². The number of likely N-dealkylation sites (tertiary alicyclic amines) is 1. The molecule has 0 N–H and O–H groups in total. The van der Waals surface area contributed by atoms with Gasteiger partial charge in [0.15, 0.2) is 5.82 Å². The van der Waals surface area contributed by atoms with Gasteiger partial charge in [-0.2, -0.15) is 5.10 Å². The highest BCUT2D eigenvalue weighted by molar-refractivity contribution is 5.95. The number of aromatic nitrogens is 6. The molecule has 1 aliphatic heterocycles. The van der Waals surface area contributed by atoms with Crippen molar-refractivity contribution in [1.29, 1.82) is 0 Å². The van der Waals surface area contributed by atoms with Crippen molar-refractivity contribution in [2.45, 2.75) is 50.6 Å². The molecule has 2 fully saturated rings. The molecule has 0 radical (unpaired) electrons. The molecule has 1 atom stereocenters. The van der Waals surface area contributed by atoms with Gasteiger partial charge in [0, 0.05) is 26.3 Å². The van der Waals surface area contributed by atoms with Gasteiger partial charge in [0.2, 0.25) is 0 Å². The summed E-state index contributed by atoms with van der Waals surface area (Å²) in [7, 11) is 5.95. The number of amides is 1. The molecule has 9 heteroatoms. The average molecular weight is 372 g/mol. The van der Waals surface area contributed by atoms with Gasteiger partial charge in [0.05, 0.1) is 17.3 Å². The second-order valence-corrected chi connectivity index (χ2v) is 8.09. The monoisotopic (exact) mass is 372 g/mol. The van der Waals surface area contributed by atoms with Gasteiger partial charge in [-0.1, -0.05) is 12.8 Å². The first-order valence-electron chi connectivity index (χ1n) is 9.67. The third-order valence-corrected chi connectivity index (χ3v) is 6.21. The van der Waals surface area contributed by atoms with Crippen LogP contribution in [-0.4, -0.2) is 72.9 Å². The smallest absolute Gasteiger partial charge is 0.257 e. The van der Waals surface area contributed by atoms with E-state index in [9.17, 15) is 4.79 Å². The van der Waals surface area contributed by atoms with Gasteiger partial charge in [-0.05, 0) is 50.7 Å². The van der Waals surface area contributed by atoms with Crippen molar-refractivity contribution in [3.05, 3.63) is 23.3 Å². The predicted octanol–water partition coefficient (Wildman–Crippen LogP) is 1.13. The molecular formula is C18H28N8O. The van der Waals surface area contributed by atoms with Gasteiger partial charge < -0.3 is 4.90 Å². The Hall–Kier alpha value is -2.29. The van der Waals surface area contributed by atoms with Crippen LogP contribution in [0, 0.1) is 6.92 Å². The van der Waals surface area contributed by atoms with Crippen molar-refractivity contribution in [2.75, 3.05) is 27.2 Å². The highest BCUT2D eigenvalue weighted by Gasteiger charge is 2.48. The molecular weight excluding hydrogens is 344 g/mol. The lowest BCUT2D eigenvalue weighted by Gasteiger charge is -2.35. The number of hydrogen-bond donors (Lipinski definition) is 0. The molecule has 1 unspecified atom stereocenters. The summed E-state index contributed by atoms with van der Waals surface area (Å²) in [6, 6.07) is 0.372. The molecule has 1 saturated heterocycles. The zero-order chi connectivity index (χ0) is 19.2. The Bertz CT molecular complexity index is 834.